The van der Waals surface area contributed by atoms with Crippen molar-refractivity contribution in [2.45, 2.75) is 25.8 Å². The first kappa shape index (κ1) is 14.2. The van der Waals surface area contributed by atoms with Crippen molar-refractivity contribution in [3.05, 3.63) is 23.8 Å². The van der Waals surface area contributed by atoms with Crippen molar-refractivity contribution < 1.29 is 14.2 Å². The molecule has 1 saturated heterocycles. The van der Waals surface area contributed by atoms with E-state index in [9.17, 15) is 0 Å². The second-order valence-corrected chi connectivity index (χ2v) is 4.87. The van der Waals surface area contributed by atoms with Crippen molar-refractivity contribution >= 4 is 5.69 Å². The maximum absolute atomic E-state index is 5.78. The molecule has 0 atom stereocenters. The Hall–Kier alpha value is -1.26. The van der Waals surface area contributed by atoms with E-state index in [0.29, 0.717) is 19.3 Å². The zero-order chi connectivity index (χ0) is 13.5. The molecule has 1 N–H and O–H groups in total. The second-order valence-electron chi connectivity index (χ2n) is 4.87. The Labute approximate surface area is 115 Å². The molecule has 0 bridgehead atoms. The van der Waals surface area contributed by atoms with Crippen LogP contribution in [0.15, 0.2) is 18.2 Å². The summed E-state index contributed by atoms with van der Waals surface area (Å²) in [6.45, 7) is 4.92. The van der Waals surface area contributed by atoms with E-state index in [2.05, 4.69) is 30.4 Å². The molecule has 0 aliphatic carbocycles. The van der Waals surface area contributed by atoms with Crippen LogP contribution in [0.25, 0.3) is 0 Å². The fraction of sp³-hybridized carbons (Fsp3) is 0.600. The molecule has 1 aromatic rings. The molecule has 0 saturated carbocycles. The number of rotatable bonds is 6. The zero-order valence-electron chi connectivity index (χ0n) is 11.8. The van der Waals surface area contributed by atoms with E-state index < -0.39 is 0 Å². The number of hydrogen-bond donors (Lipinski definition) is 1. The van der Waals surface area contributed by atoms with Gasteiger partial charge in [-0.25, -0.2) is 0 Å². The smallest absolute Gasteiger partial charge is 0.142 e. The van der Waals surface area contributed by atoms with Gasteiger partial charge in [-0.1, -0.05) is 6.07 Å². The lowest BCUT2D eigenvalue weighted by Crippen LogP contribution is -2.28. The summed E-state index contributed by atoms with van der Waals surface area (Å²) >= 11 is 0. The summed E-state index contributed by atoms with van der Waals surface area (Å²) in [4.78, 5) is 0. The van der Waals surface area contributed by atoms with E-state index in [0.717, 1.165) is 37.5 Å². The fourth-order valence-corrected chi connectivity index (χ4v) is 2.17. The van der Waals surface area contributed by atoms with E-state index in [1.807, 2.05) is 0 Å². The summed E-state index contributed by atoms with van der Waals surface area (Å²) in [5.74, 6) is 0.906. The lowest BCUT2D eigenvalue weighted by atomic mass is 10.1. The Morgan fingerprint density at radius 1 is 1.26 bits per heavy atom. The molecule has 0 radical (unpaired) electrons. The minimum Gasteiger partial charge on any atom is -0.489 e. The van der Waals surface area contributed by atoms with Crippen LogP contribution in [0.5, 0.6) is 5.75 Å². The first-order valence-corrected chi connectivity index (χ1v) is 6.86. The van der Waals surface area contributed by atoms with Gasteiger partial charge < -0.3 is 19.5 Å². The predicted molar refractivity (Wildman–Crippen MR) is 76.0 cm³/mol. The molecule has 4 heteroatoms. The van der Waals surface area contributed by atoms with Gasteiger partial charge in [0.1, 0.15) is 12.4 Å². The van der Waals surface area contributed by atoms with Gasteiger partial charge in [-0.05, 0) is 37.5 Å². The Bertz CT molecular complexity index is 389. The van der Waals surface area contributed by atoms with Gasteiger partial charge in [0.25, 0.3) is 0 Å². The number of nitrogens with one attached hydrogen (secondary N) is 1. The monoisotopic (exact) mass is 265 g/mol. The van der Waals surface area contributed by atoms with E-state index in [-0.39, 0.29) is 0 Å². The minimum absolute atomic E-state index is 0.473. The molecule has 1 heterocycles. The molecule has 2 rings (SSSR count). The van der Waals surface area contributed by atoms with Crippen LogP contribution in [0.3, 0.4) is 0 Å². The molecule has 0 aromatic heterocycles. The Kier molecular flexibility index (Phi) is 5.48. The topological polar surface area (TPSA) is 39.7 Å². The Morgan fingerprint density at radius 3 is 2.79 bits per heavy atom. The van der Waals surface area contributed by atoms with Crippen LogP contribution < -0.4 is 10.1 Å². The number of hydrogen-bond acceptors (Lipinski definition) is 4. The van der Waals surface area contributed by atoms with Crippen molar-refractivity contribution in [1.82, 2.24) is 0 Å². The highest BCUT2D eigenvalue weighted by Gasteiger charge is 2.15. The van der Waals surface area contributed by atoms with Gasteiger partial charge in [-0.3, -0.25) is 0 Å². The number of aryl methyl sites for hydroxylation is 1. The van der Waals surface area contributed by atoms with Crippen LogP contribution in [0.4, 0.5) is 5.69 Å². The van der Waals surface area contributed by atoms with Gasteiger partial charge in [0, 0.05) is 26.4 Å². The number of ether oxygens (including phenoxy) is 3. The van der Waals surface area contributed by atoms with Crippen LogP contribution in [0, 0.1) is 6.92 Å². The van der Waals surface area contributed by atoms with Crippen molar-refractivity contribution in [1.29, 1.82) is 0 Å². The molecule has 4 nitrogen and oxygen atoms in total. The van der Waals surface area contributed by atoms with Crippen molar-refractivity contribution in [3.63, 3.8) is 0 Å². The van der Waals surface area contributed by atoms with Gasteiger partial charge in [0.2, 0.25) is 0 Å². The van der Waals surface area contributed by atoms with Gasteiger partial charge in [-0.2, -0.15) is 0 Å². The molecular weight excluding hydrogens is 242 g/mol. The summed E-state index contributed by atoms with van der Waals surface area (Å²) in [5, 5.41) is 3.56. The SMILES string of the molecule is COCCOc1cc(C)ccc1NC1CCOCC1. The van der Waals surface area contributed by atoms with Crippen LogP contribution in [0.1, 0.15) is 18.4 Å². The van der Waals surface area contributed by atoms with Crippen molar-refractivity contribution in [2.75, 3.05) is 38.9 Å². The highest BCUT2D eigenvalue weighted by molar-refractivity contribution is 5.58. The largest absolute Gasteiger partial charge is 0.489 e. The molecule has 1 aliphatic heterocycles. The number of anilines is 1. The van der Waals surface area contributed by atoms with Crippen LogP contribution >= 0.6 is 0 Å². The minimum atomic E-state index is 0.473. The molecule has 106 valence electrons. The van der Waals surface area contributed by atoms with Crippen molar-refractivity contribution in [3.8, 4) is 5.75 Å². The maximum Gasteiger partial charge on any atom is 0.142 e. The van der Waals surface area contributed by atoms with E-state index in [1.54, 1.807) is 7.11 Å². The number of benzene rings is 1. The number of methoxy groups -OCH3 is 1. The zero-order valence-corrected chi connectivity index (χ0v) is 11.8. The van der Waals surface area contributed by atoms with E-state index in [1.165, 1.54) is 5.56 Å². The highest BCUT2D eigenvalue weighted by atomic mass is 16.5. The fourth-order valence-electron chi connectivity index (χ4n) is 2.17. The first-order valence-electron chi connectivity index (χ1n) is 6.86. The van der Waals surface area contributed by atoms with E-state index in [4.69, 9.17) is 14.2 Å². The molecule has 1 aliphatic rings. The molecule has 1 fully saturated rings. The van der Waals surface area contributed by atoms with Crippen LogP contribution in [-0.2, 0) is 9.47 Å². The summed E-state index contributed by atoms with van der Waals surface area (Å²) in [6, 6.07) is 6.73. The molecule has 0 amide bonds. The second kappa shape index (κ2) is 7.36. The normalized spacial score (nSPS) is 16.3. The molecule has 0 spiro atoms. The summed E-state index contributed by atoms with van der Waals surface area (Å²) < 4.78 is 16.2. The third-order valence-electron chi connectivity index (χ3n) is 3.26. The summed E-state index contributed by atoms with van der Waals surface area (Å²) in [7, 11) is 1.68. The molecular formula is C15H23NO3. The standard InChI is InChI=1S/C15H23NO3/c1-12-3-4-14(15(11-12)19-10-9-17-2)16-13-5-7-18-8-6-13/h3-4,11,13,16H,5-10H2,1-2H3. The quantitative estimate of drug-likeness (QED) is 0.803. The Morgan fingerprint density at radius 2 is 2.05 bits per heavy atom. The average molecular weight is 265 g/mol. The van der Waals surface area contributed by atoms with Crippen LogP contribution in [0.2, 0.25) is 0 Å². The molecule has 1 aromatic carbocycles. The molecule has 0 unspecified atom stereocenters. The van der Waals surface area contributed by atoms with Crippen molar-refractivity contribution in [2.24, 2.45) is 0 Å². The third-order valence-corrected chi connectivity index (χ3v) is 3.26. The highest BCUT2D eigenvalue weighted by Crippen LogP contribution is 2.27. The third kappa shape index (κ3) is 4.40. The van der Waals surface area contributed by atoms with Crippen LogP contribution in [-0.4, -0.2) is 39.6 Å². The average Bonchev–Trinajstić information content (AvgIpc) is 2.43. The van der Waals surface area contributed by atoms with Gasteiger partial charge in [0.15, 0.2) is 0 Å². The van der Waals surface area contributed by atoms with Gasteiger partial charge >= 0.3 is 0 Å². The summed E-state index contributed by atoms with van der Waals surface area (Å²) in [5.41, 5.74) is 2.26. The maximum atomic E-state index is 5.78. The Balaban J connectivity index is 2.00. The predicted octanol–water partition coefficient (Wildman–Crippen LogP) is 2.61. The first-order chi connectivity index (χ1) is 9.29. The van der Waals surface area contributed by atoms with Gasteiger partial charge in [-0.15, -0.1) is 0 Å². The lowest BCUT2D eigenvalue weighted by molar-refractivity contribution is 0.0903. The van der Waals surface area contributed by atoms with E-state index >= 15 is 0 Å². The molecule has 19 heavy (non-hydrogen) atoms. The summed E-state index contributed by atoms with van der Waals surface area (Å²) in [6.07, 6.45) is 2.09. The lowest BCUT2D eigenvalue weighted by Gasteiger charge is -2.25. The van der Waals surface area contributed by atoms with Gasteiger partial charge in [0.05, 0.1) is 12.3 Å².